The highest BCUT2D eigenvalue weighted by molar-refractivity contribution is 7.59. The van der Waals surface area contributed by atoms with Crippen molar-refractivity contribution in [2.45, 2.75) is 4.90 Å². The van der Waals surface area contributed by atoms with Gasteiger partial charge in [0.25, 0.3) is 0 Å². The first kappa shape index (κ1) is 8.69. The van der Waals surface area contributed by atoms with Crippen molar-refractivity contribution in [1.29, 1.82) is 0 Å². The molecule has 3 aromatic carbocycles. The summed E-state index contributed by atoms with van der Waals surface area (Å²) in [5.41, 5.74) is 0. The van der Waals surface area contributed by atoms with Gasteiger partial charge in [0.1, 0.15) is 0 Å². The molecule has 0 bridgehead atoms. The quantitative estimate of drug-likeness (QED) is 0.399. The van der Waals surface area contributed by atoms with E-state index in [0.717, 1.165) is 4.90 Å². The van der Waals surface area contributed by atoms with Crippen LogP contribution in [0.3, 0.4) is 0 Å². The van der Waals surface area contributed by atoms with Crippen LogP contribution in [0.4, 0.5) is 0 Å². The summed E-state index contributed by atoms with van der Waals surface area (Å²) in [5.74, 6) is 0. The number of benzene rings is 3. The Kier molecular flexibility index (Phi) is 1.86. The minimum atomic E-state index is 0.962. The summed E-state index contributed by atoms with van der Waals surface area (Å²) in [7, 11) is 0. The average Bonchev–Trinajstić information content (AvgIpc) is 2.30. The van der Waals surface area contributed by atoms with Crippen molar-refractivity contribution in [2.75, 3.05) is 0 Å². The molecule has 0 aliphatic rings. The molecule has 3 rings (SSSR count). The zero-order valence-electron chi connectivity index (χ0n) is 8.10. The SMILES string of the molecule is [S-]c1c2ccccc2cc2ccccc12. The van der Waals surface area contributed by atoms with Crippen molar-refractivity contribution in [3.63, 3.8) is 0 Å². The van der Waals surface area contributed by atoms with Crippen LogP contribution in [0.15, 0.2) is 59.5 Å². The van der Waals surface area contributed by atoms with Gasteiger partial charge in [-0.15, -0.1) is 0 Å². The highest BCUT2D eigenvalue weighted by Gasteiger charge is 1.97. The minimum absolute atomic E-state index is 0.962. The maximum atomic E-state index is 5.50. The molecule has 3 aromatic rings. The van der Waals surface area contributed by atoms with Gasteiger partial charge in [-0.3, -0.25) is 0 Å². The molecule has 15 heavy (non-hydrogen) atoms. The van der Waals surface area contributed by atoms with E-state index in [4.69, 9.17) is 12.6 Å². The van der Waals surface area contributed by atoms with Gasteiger partial charge in [-0.1, -0.05) is 48.5 Å². The fraction of sp³-hybridized carbons (Fsp3) is 0. The summed E-state index contributed by atoms with van der Waals surface area (Å²) in [6.07, 6.45) is 0. The number of hydrogen-bond donors (Lipinski definition) is 0. The van der Waals surface area contributed by atoms with Crippen LogP contribution in [0.1, 0.15) is 0 Å². The van der Waals surface area contributed by atoms with E-state index in [-0.39, 0.29) is 0 Å². The molecule has 0 radical (unpaired) electrons. The van der Waals surface area contributed by atoms with Gasteiger partial charge in [-0.05, 0) is 27.6 Å². The molecule has 0 aromatic heterocycles. The lowest BCUT2D eigenvalue weighted by Gasteiger charge is -2.15. The van der Waals surface area contributed by atoms with Crippen molar-refractivity contribution in [2.24, 2.45) is 0 Å². The Morgan fingerprint density at radius 2 is 1.13 bits per heavy atom. The van der Waals surface area contributed by atoms with Crippen LogP contribution in [0, 0.1) is 0 Å². The minimum Gasteiger partial charge on any atom is -0.779 e. The third kappa shape index (κ3) is 1.28. The van der Waals surface area contributed by atoms with Gasteiger partial charge >= 0.3 is 0 Å². The Morgan fingerprint density at radius 1 is 0.667 bits per heavy atom. The lowest BCUT2D eigenvalue weighted by Crippen LogP contribution is -1.81. The first-order chi connectivity index (χ1) is 7.36. The summed E-state index contributed by atoms with van der Waals surface area (Å²) in [6.45, 7) is 0. The maximum Gasteiger partial charge on any atom is -0.0193 e. The smallest absolute Gasteiger partial charge is 0.0193 e. The van der Waals surface area contributed by atoms with Crippen LogP contribution in [-0.4, -0.2) is 0 Å². The first-order valence-corrected chi connectivity index (χ1v) is 5.34. The third-order valence-electron chi connectivity index (χ3n) is 2.72. The second-order valence-corrected chi connectivity index (χ2v) is 4.06. The zero-order chi connectivity index (χ0) is 10.3. The molecule has 0 saturated heterocycles. The standard InChI is InChI=1S/C14H10S/c15-14-12-7-3-1-5-10(12)9-11-6-2-4-8-13(11)14/h1-9,15H/p-1. The van der Waals surface area contributed by atoms with Gasteiger partial charge in [0.05, 0.1) is 0 Å². The third-order valence-corrected chi connectivity index (χ3v) is 3.16. The molecule has 0 spiro atoms. The average molecular weight is 209 g/mol. The van der Waals surface area contributed by atoms with Crippen molar-refractivity contribution in [1.82, 2.24) is 0 Å². The van der Waals surface area contributed by atoms with Gasteiger partial charge in [0, 0.05) is 0 Å². The molecule has 0 heterocycles. The van der Waals surface area contributed by atoms with Gasteiger partial charge in [0.2, 0.25) is 0 Å². The van der Waals surface area contributed by atoms with E-state index in [0.29, 0.717) is 0 Å². The molecular weight excluding hydrogens is 200 g/mol. The number of rotatable bonds is 0. The fourth-order valence-electron chi connectivity index (χ4n) is 1.97. The van der Waals surface area contributed by atoms with Gasteiger partial charge < -0.3 is 12.6 Å². The Bertz CT molecular complexity index is 587. The van der Waals surface area contributed by atoms with Crippen molar-refractivity contribution < 1.29 is 0 Å². The van der Waals surface area contributed by atoms with Gasteiger partial charge in [0.15, 0.2) is 0 Å². The first-order valence-electron chi connectivity index (χ1n) is 4.94. The molecule has 0 nitrogen and oxygen atoms in total. The van der Waals surface area contributed by atoms with Crippen LogP contribution in [0.2, 0.25) is 0 Å². The van der Waals surface area contributed by atoms with Crippen molar-refractivity contribution >= 4 is 34.2 Å². The summed E-state index contributed by atoms with van der Waals surface area (Å²) in [5, 5.41) is 4.79. The topological polar surface area (TPSA) is 0 Å². The zero-order valence-corrected chi connectivity index (χ0v) is 8.92. The predicted octanol–water partition coefficient (Wildman–Crippen LogP) is 3.90. The van der Waals surface area contributed by atoms with Crippen LogP contribution in [-0.2, 0) is 12.6 Å². The summed E-state index contributed by atoms with van der Waals surface area (Å²) >= 11 is 5.50. The normalized spacial score (nSPS) is 10.9. The molecular formula is C14H9S-. The molecule has 0 amide bonds. The van der Waals surface area contributed by atoms with Gasteiger partial charge in [-0.2, -0.15) is 4.90 Å². The molecule has 0 aliphatic heterocycles. The van der Waals surface area contributed by atoms with E-state index in [1.807, 2.05) is 24.3 Å². The molecule has 0 saturated carbocycles. The van der Waals surface area contributed by atoms with E-state index >= 15 is 0 Å². The van der Waals surface area contributed by atoms with Crippen LogP contribution < -0.4 is 0 Å². The molecule has 0 N–H and O–H groups in total. The second-order valence-electron chi connectivity index (χ2n) is 3.65. The fourth-order valence-corrected chi connectivity index (χ4v) is 2.34. The summed E-state index contributed by atoms with van der Waals surface area (Å²) in [4.78, 5) is 0.962. The highest BCUT2D eigenvalue weighted by atomic mass is 32.1. The van der Waals surface area contributed by atoms with Gasteiger partial charge in [-0.25, -0.2) is 0 Å². The lowest BCUT2D eigenvalue weighted by atomic mass is 10.0. The molecule has 1 heteroatoms. The second kappa shape index (κ2) is 3.21. The van der Waals surface area contributed by atoms with Crippen molar-refractivity contribution in [3.05, 3.63) is 54.6 Å². The molecule has 0 atom stereocenters. The van der Waals surface area contributed by atoms with E-state index in [9.17, 15) is 0 Å². The Hall–Kier alpha value is -1.60. The molecule has 0 aliphatic carbocycles. The van der Waals surface area contributed by atoms with Crippen molar-refractivity contribution in [3.8, 4) is 0 Å². The Balaban J connectivity index is 2.60. The monoisotopic (exact) mass is 209 g/mol. The molecule has 0 unspecified atom stereocenters. The lowest BCUT2D eigenvalue weighted by molar-refractivity contribution is 1.63. The van der Waals surface area contributed by atoms with E-state index in [1.165, 1.54) is 21.5 Å². The predicted molar refractivity (Wildman–Crippen MR) is 67.1 cm³/mol. The van der Waals surface area contributed by atoms with E-state index in [1.54, 1.807) is 0 Å². The highest BCUT2D eigenvalue weighted by Crippen LogP contribution is 2.27. The van der Waals surface area contributed by atoms with Crippen LogP contribution in [0.5, 0.6) is 0 Å². The molecule has 72 valence electrons. The Morgan fingerprint density at radius 3 is 1.67 bits per heavy atom. The van der Waals surface area contributed by atoms with Crippen LogP contribution in [0.25, 0.3) is 21.5 Å². The number of fused-ring (bicyclic) bond motifs is 2. The Labute approximate surface area is 93.9 Å². The summed E-state index contributed by atoms with van der Waals surface area (Å²) < 4.78 is 0. The van der Waals surface area contributed by atoms with Crippen LogP contribution >= 0.6 is 0 Å². The summed E-state index contributed by atoms with van der Waals surface area (Å²) in [6, 6.07) is 18.8. The number of hydrogen-bond acceptors (Lipinski definition) is 1. The van der Waals surface area contributed by atoms with E-state index in [2.05, 4.69) is 30.3 Å². The maximum absolute atomic E-state index is 5.50. The largest absolute Gasteiger partial charge is 0.779 e. The van der Waals surface area contributed by atoms with E-state index < -0.39 is 0 Å². The molecule has 0 fully saturated rings.